The van der Waals surface area contributed by atoms with E-state index in [2.05, 4.69) is 0 Å². The van der Waals surface area contributed by atoms with Gasteiger partial charge in [0, 0.05) is 23.3 Å². The molecule has 2 rings (SSSR count). The first kappa shape index (κ1) is 14.2. The van der Waals surface area contributed by atoms with Crippen molar-refractivity contribution in [3.63, 3.8) is 0 Å². The van der Waals surface area contributed by atoms with Gasteiger partial charge in [0.25, 0.3) is 0 Å². The van der Waals surface area contributed by atoms with Crippen molar-refractivity contribution in [3.05, 3.63) is 64.4 Å². The number of rotatable bonds is 4. The van der Waals surface area contributed by atoms with E-state index in [1.54, 1.807) is 19.2 Å². The maximum absolute atomic E-state index is 13.6. The molecular weight excluding hydrogens is 281 g/mol. The lowest BCUT2D eigenvalue weighted by molar-refractivity contribution is -0.107. The molecule has 0 aromatic heterocycles. The Balaban J connectivity index is 2.34. The van der Waals surface area contributed by atoms with E-state index in [-0.39, 0.29) is 5.56 Å². The lowest BCUT2D eigenvalue weighted by Crippen LogP contribution is -2.13. The minimum Gasteiger partial charge on any atom is -0.318 e. The van der Waals surface area contributed by atoms with Crippen LogP contribution in [0.25, 0.3) is 0 Å². The molecule has 3 nitrogen and oxygen atoms in total. The number of halogens is 2. The van der Waals surface area contributed by atoms with Gasteiger partial charge in [-0.1, -0.05) is 11.6 Å². The molecule has 0 heterocycles. The first-order chi connectivity index (χ1) is 9.52. The predicted octanol–water partition coefficient (Wildman–Crippen LogP) is 3.30. The highest BCUT2D eigenvalue weighted by Crippen LogP contribution is 2.20. The molecule has 2 aromatic carbocycles. The Bertz CT molecular complexity index is 655. The van der Waals surface area contributed by atoms with Crippen molar-refractivity contribution >= 4 is 29.5 Å². The monoisotopic (exact) mass is 291 g/mol. The van der Waals surface area contributed by atoms with Crippen LogP contribution in [0.2, 0.25) is 5.02 Å². The summed E-state index contributed by atoms with van der Waals surface area (Å²) in [4.78, 5) is 24.2. The third-order valence-corrected chi connectivity index (χ3v) is 3.10. The molecule has 0 saturated heterocycles. The predicted molar refractivity (Wildman–Crippen MR) is 75.8 cm³/mol. The van der Waals surface area contributed by atoms with E-state index in [1.807, 2.05) is 0 Å². The first-order valence-corrected chi connectivity index (χ1v) is 6.18. The lowest BCUT2D eigenvalue weighted by Gasteiger charge is -2.11. The smallest absolute Gasteiger partial charge is 0.213 e. The van der Waals surface area contributed by atoms with Gasteiger partial charge in [-0.05, 0) is 42.5 Å². The van der Waals surface area contributed by atoms with Crippen LogP contribution in [0.4, 0.5) is 10.1 Å². The van der Waals surface area contributed by atoms with Crippen LogP contribution in [0.5, 0.6) is 0 Å². The second-order valence-electron chi connectivity index (χ2n) is 4.22. The minimum atomic E-state index is -0.617. The average Bonchev–Trinajstić information content (AvgIpc) is 2.48. The van der Waals surface area contributed by atoms with E-state index >= 15 is 0 Å². The zero-order valence-corrected chi connectivity index (χ0v) is 11.4. The molecule has 0 unspecified atom stereocenters. The number of nitrogens with zero attached hydrogens (tertiary/aromatic N) is 1. The van der Waals surface area contributed by atoms with Crippen molar-refractivity contribution in [2.24, 2.45) is 0 Å². The molecular formula is C15H11ClFNO2. The van der Waals surface area contributed by atoms with Gasteiger partial charge >= 0.3 is 0 Å². The van der Waals surface area contributed by atoms with Gasteiger partial charge in [0.2, 0.25) is 6.41 Å². The lowest BCUT2D eigenvalue weighted by atomic mass is 10.0. The van der Waals surface area contributed by atoms with E-state index in [9.17, 15) is 14.0 Å². The highest BCUT2D eigenvalue weighted by molar-refractivity contribution is 6.31. The third-order valence-electron chi connectivity index (χ3n) is 2.87. The summed E-state index contributed by atoms with van der Waals surface area (Å²) in [5, 5.41) is 0.298. The fourth-order valence-corrected chi connectivity index (χ4v) is 1.91. The summed E-state index contributed by atoms with van der Waals surface area (Å²) in [6.07, 6.45) is 0.660. The summed E-state index contributed by atoms with van der Waals surface area (Å²) in [7, 11) is 1.60. The van der Waals surface area contributed by atoms with E-state index in [0.717, 1.165) is 6.07 Å². The molecule has 2 aromatic rings. The van der Waals surface area contributed by atoms with Gasteiger partial charge in [-0.25, -0.2) is 4.39 Å². The van der Waals surface area contributed by atoms with Crippen LogP contribution in [0.15, 0.2) is 42.5 Å². The maximum atomic E-state index is 13.6. The summed E-state index contributed by atoms with van der Waals surface area (Å²) < 4.78 is 13.6. The second-order valence-corrected chi connectivity index (χ2v) is 4.65. The Labute approximate surface area is 120 Å². The van der Waals surface area contributed by atoms with Crippen LogP contribution in [0.3, 0.4) is 0 Å². The van der Waals surface area contributed by atoms with Gasteiger partial charge in [0.05, 0.1) is 5.56 Å². The van der Waals surface area contributed by atoms with Crippen molar-refractivity contribution in [1.29, 1.82) is 0 Å². The molecule has 102 valence electrons. The molecule has 0 aliphatic heterocycles. The Kier molecular flexibility index (Phi) is 4.15. The Morgan fingerprint density at radius 3 is 2.45 bits per heavy atom. The summed E-state index contributed by atoms with van der Waals surface area (Å²) in [5.41, 5.74) is 0.895. The van der Waals surface area contributed by atoms with Gasteiger partial charge in [0.1, 0.15) is 5.82 Å². The fourth-order valence-electron chi connectivity index (χ4n) is 1.74. The van der Waals surface area contributed by atoms with Crippen molar-refractivity contribution in [1.82, 2.24) is 0 Å². The topological polar surface area (TPSA) is 37.4 Å². The number of hydrogen-bond donors (Lipinski definition) is 0. The van der Waals surface area contributed by atoms with Gasteiger partial charge in [0.15, 0.2) is 5.78 Å². The van der Waals surface area contributed by atoms with Crippen LogP contribution in [0, 0.1) is 5.82 Å². The first-order valence-electron chi connectivity index (χ1n) is 5.81. The van der Waals surface area contributed by atoms with Crippen LogP contribution < -0.4 is 4.90 Å². The zero-order chi connectivity index (χ0) is 14.7. The number of hydrogen-bond acceptors (Lipinski definition) is 2. The third kappa shape index (κ3) is 2.86. The molecule has 0 fully saturated rings. The zero-order valence-electron chi connectivity index (χ0n) is 10.6. The average molecular weight is 292 g/mol. The Hall–Kier alpha value is -2.20. The molecule has 0 aliphatic carbocycles. The normalized spacial score (nSPS) is 10.2. The van der Waals surface area contributed by atoms with Crippen LogP contribution in [0.1, 0.15) is 15.9 Å². The van der Waals surface area contributed by atoms with Crippen LogP contribution in [-0.2, 0) is 4.79 Å². The van der Waals surface area contributed by atoms with Crippen LogP contribution in [-0.4, -0.2) is 19.2 Å². The van der Waals surface area contributed by atoms with Crippen molar-refractivity contribution in [2.75, 3.05) is 11.9 Å². The van der Waals surface area contributed by atoms with Crippen molar-refractivity contribution < 1.29 is 14.0 Å². The molecule has 0 spiro atoms. The largest absolute Gasteiger partial charge is 0.318 e. The van der Waals surface area contributed by atoms with Crippen molar-refractivity contribution in [3.8, 4) is 0 Å². The summed E-state index contributed by atoms with van der Waals surface area (Å²) >= 11 is 5.77. The van der Waals surface area contributed by atoms with E-state index < -0.39 is 11.6 Å². The highest BCUT2D eigenvalue weighted by atomic mass is 35.5. The number of carbonyl (C=O) groups excluding carboxylic acids is 2. The number of ketones is 1. The SMILES string of the molecule is CN(C=O)c1ccc(C(=O)c2cc(Cl)ccc2F)cc1. The number of amides is 1. The Morgan fingerprint density at radius 2 is 1.85 bits per heavy atom. The van der Waals surface area contributed by atoms with Crippen LogP contribution >= 0.6 is 11.6 Å². The molecule has 0 radical (unpaired) electrons. The van der Waals surface area contributed by atoms with Gasteiger partial charge in [-0.15, -0.1) is 0 Å². The number of benzene rings is 2. The quantitative estimate of drug-likeness (QED) is 0.640. The summed E-state index contributed by atoms with van der Waals surface area (Å²) in [6, 6.07) is 10.1. The summed E-state index contributed by atoms with van der Waals surface area (Å²) in [6.45, 7) is 0. The van der Waals surface area contributed by atoms with E-state index in [0.29, 0.717) is 22.7 Å². The molecule has 0 N–H and O–H groups in total. The molecule has 0 bridgehead atoms. The highest BCUT2D eigenvalue weighted by Gasteiger charge is 2.14. The van der Waals surface area contributed by atoms with Gasteiger partial charge in [-0.2, -0.15) is 0 Å². The minimum absolute atomic E-state index is 0.0750. The van der Waals surface area contributed by atoms with E-state index in [4.69, 9.17) is 11.6 Å². The molecule has 5 heteroatoms. The molecule has 1 amide bonds. The van der Waals surface area contributed by atoms with Gasteiger partial charge < -0.3 is 4.90 Å². The summed E-state index contributed by atoms with van der Waals surface area (Å²) in [5.74, 6) is -1.07. The van der Waals surface area contributed by atoms with Crippen molar-refractivity contribution in [2.45, 2.75) is 0 Å². The second kappa shape index (κ2) is 5.84. The number of carbonyl (C=O) groups is 2. The van der Waals surface area contributed by atoms with Gasteiger partial charge in [-0.3, -0.25) is 9.59 Å². The maximum Gasteiger partial charge on any atom is 0.213 e. The standard InChI is InChI=1S/C15H11ClFNO2/c1-18(9-19)12-5-2-10(3-6-12)15(20)13-8-11(16)4-7-14(13)17/h2-9H,1H3. The molecule has 0 aliphatic rings. The molecule has 0 atom stereocenters. The molecule has 20 heavy (non-hydrogen) atoms. The molecule has 0 saturated carbocycles. The Morgan fingerprint density at radius 1 is 1.20 bits per heavy atom. The fraction of sp³-hybridized carbons (Fsp3) is 0.0667. The van der Waals surface area contributed by atoms with E-state index in [1.165, 1.54) is 29.2 Å². The number of anilines is 1.